The van der Waals surface area contributed by atoms with Crippen molar-refractivity contribution < 1.29 is 45.4 Å². The van der Waals surface area contributed by atoms with Crippen LogP contribution in [0.5, 0.6) is 0 Å². The van der Waals surface area contributed by atoms with E-state index in [1.165, 1.54) is 12.1 Å². The summed E-state index contributed by atoms with van der Waals surface area (Å²) in [5, 5.41) is 11.3. The van der Waals surface area contributed by atoms with Crippen LogP contribution in [0.1, 0.15) is 60.0 Å². The number of carboxylic acids is 1. The number of H-pyrrole nitrogens is 1. The van der Waals surface area contributed by atoms with Gasteiger partial charge in [0.25, 0.3) is 5.91 Å². The number of aromatic nitrogens is 1. The molecule has 3 heterocycles. The number of alkyl halides is 3. The van der Waals surface area contributed by atoms with E-state index in [0.29, 0.717) is 61.2 Å². The first kappa shape index (κ1) is 34.3. The number of nitrogens with zero attached hydrogens (tertiary/aromatic N) is 1. The molecule has 246 valence electrons. The highest BCUT2D eigenvalue weighted by Gasteiger charge is 2.38. The highest BCUT2D eigenvalue weighted by Crippen LogP contribution is 2.37. The molecule has 15 heteroatoms. The third kappa shape index (κ3) is 8.60. The summed E-state index contributed by atoms with van der Waals surface area (Å²) in [5.41, 5.74) is 9.94. The van der Waals surface area contributed by atoms with Gasteiger partial charge in [0.1, 0.15) is 5.82 Å². The number of carbonyl (C=O) groups is 2. The fourth-order valence-electron chi connectivity index (χ4n) is 5.68. The number of hydrogen-bond donors (Lipinski definition) is 4. The summed E-state index contributed by atoms with van der Waals surface area (Å²) in [7, 11) is -3.22. The summed E-state index contributed by atoms with van der Waals surface area (Å²) in [6, 6.07) is 8.59. The number of fused-ring (bicyclic) bond motifs is 1. The van der Waals surface area contributed by atoms with Gasteiger partial charge in [-0.1, -0.05) is 0 Å². The Bertz CT molecular complexity index is 1630. The molecule has 0 unspecified atom stereocenters. The lowest BCUT2D eigenvalue weighted by Gasteiger charge is -2.31. The Morgan fingerprint density at radius 3 is 2.36 bits per heavy atom. The van der Waals surface area contributed by atoms with E-state index in [-0.39, 0.29) is 23.6 Å². The number of piperidine rings is 1. The van der Waals surface area contributed by atoms with Crippen molar-refractivity contribution in [3.63, 3.8) is 0 Å². The lowest BCUT2D eigenvalue weighted by atomic mass is 9.88. The van der Waals surface area contributed by atoms with Gasteiger partial charge in [-0.2, -0.15) is 13.2 Å². The van der Waals surface area contributed by atoms with Crippen molar-refractivity contribution >= 4 is 32.8 Å². The Labute approximate surface area is 258 Å². The van der Waals surface area contributed by atoms with E-state index in [1.807, 2.05) is 18.3 Å². The molecule has 5 rings (SSSR count). The average molecular weight is 657 g/mol. The number of ether oxygens (including phenoxy) is 1. The molecule has 0 bridgehead atoms. The molecule has 2 fully saturated rings. The summed E-state index contributed by atoms with van der Waals surface area (Å²) in [4.78, 5) is 24.5. The van der Waals surface area contributed by atoms with Crippen molar-refractivity contribution in [3.05, 3.63) is 59.0 Å². The van der Waals surface area contributed by atoms with E-state index >= 15 is 0 Å². The zero-order chi connectivity index (χ0) is 32.9. The van der Waals surface area contributed by atoms with Crippen LogP contribution in [0.15, 0.2) is 36.5 Å². The van der Waals surface area contributed by atoms with Gasteiger partial charge in [-0.25, -0.2) is 21.9 Å². The van der Waals surface area contributed by atoms with Crippen LogP contribution in [0.4, 0.5) is 17.6 Å². The summed E-state index contributed by atoms with van der Waals surface area (Å²) >= 11 is 0. The van der Waals surface area contributed by atoms with Crippen molar-refractivity contribution in [2.24, 2.45) is 5.73 Å². The van der Waals surface area contributed by atoms with Crippen LogP contribution in [-0.2, 0) is 26.1 Å². The number of rotatable bonds is 9. The highest BCUT2D eigenvalue weighted by atomic mass is 32.2. The zero-order valence-electron chi connectivity index (χ0n) is 24.6. The second-order valence-electron chi connectivity index (χ2n) is 11.0. The first-order valence-corrected chi connectivity index (χ1v) is 16.2. The van der Waals surface area contributed by atoms with E-state index in [0.717, 1.165) is 36.0 Å². The van der Waals surface area contributed by atoms with E-state index in [1.54, 1.807) is 17.3 Å². The Morgan fingerprint density at radius 2 is 1.78 bits per heavy atom. The molecular formula is C30H36F4N4O6S. The number of amides is 1. The Hall–Kier alpha value is -3.53. The number of carboxylic acid groups (broad SMARTS) is 1. The third-order valence-corrected chi connectivity index (χ3v) is 9.88. The van der Waals surface area contributed by atoms with Crippen molar-refractivity contribution in [1.82, 2.24) is 14.6 Å². The number of aliphatic carboxylic acids is 1. The molecule has 0 spiro atoms. The van der Waals surface area contributed by atoms with Crippen molar-refractivity contribution in [3.8, 4) is 11.1 Å². The summed E-state index contributed by atoms with van der Waals surface area (Å²) in [6.45, 7) is 4.59. The van der Waals surface area contributed by atoms with Gasteiger partial charge in [-0.05, 0) is 91.1 Å². The minimum atomic E-state index is -5.08. The predicted octanol–water partition coefficient (Wildman–Crippen LogP) is 4.50. The normalized spacial score (nSPS) is 18.1. The second kappa shape index (κ2) is 14.3. The van der Waals surface area contributed by atoms with Gasteiger partial charge in [0, 0.05) is 44.4 Å². The van der Waals surface area contributed by atoms with Crippen LogP contribution < -0.4 is 11.1 Å². The quantitative estimate of drug-likeness (QED) is 0.247. The molecule has 0 radical (unpaired) electrons. The van der Waals surface area contributed by atoms with Crippen LogP contribution in [0.3, 0.4) is 0 Å². The van der Waals surface area contributed by atoms with Gasteiger partial charge in [0.15, 0.2) is 0 Å². The molecule has 2 aliphatic rings. The summed E-state index contributed by atoms with van der Waals surface area (Å²) < 4.78 is 78.2. The van der Waals surface area contributed by atoms with Crippen LogP contribution in [0, 0.1) is 5.82 Å². The molecule has 2 saturated heterocycles. The molecule has 5 N–H and O–H groups in total. The van der Waals surface area contributed by atoms with Crippen LogP contribution in [-0.4, -0.2) is 79.0 Å². The molecule has 1 aromatic heterocycles. The van der Waals surface area contributed by atoms with Crippen LogP contribution >= 0.6 is 0 Å². The lowest BCUT2D eigenvalue weighted by Crippen LogP contribution is -2.38. The fourth-order valence-corrected chi connectivity index (χ4v) is 6.81. The van der Waals surface area contributed by atoms with Gasteiger partial charge in [0.2, 0.25) is 10.0 Å². The maximum absolute atomic E-state index is 14.7. The molecule has 45 heavy (non-hydrogen) atoms. The van der Waals surface area contributed by atoms with Gasteiger partial charge in [0.05, 0.1) is 22.9 Å². The highest BCUT2D eigenvalue weighted by molar-refractivity contribution is 7.89. The average Bonchev–Trinajstić information content (AvgIpc) is 3.66. The minimum Gasteiger partial charge on any atom is -0.475 e. The van der Waals surface area contributed by atoms with Gasteiger partial charge < -0.3 is 25.9 Å². The van der Waals surface area contributed by atoms with Gasteiger partial charge in [-0.15, -0.1) is 0 Å². The van der Waals surface area contributed by atoms with Crippen LogP contribution in [0.2, 0.25) is 0 Å². The second-order valence-corrected chi connectivity index (χ2v) is 13.3. The Balaban J connectivity index is 0.000000591. The number of halogens is 4. The van der Waals surface area contributed by atoms with E-state index in [2.05, 4.69) is 10.3 Å². The molecule has 0 saturated carbocycles. The molecule has 2 aromatic carbocycles. The fraction of sp³-hybridized carbons (Fsp3) is 0.467. The molecule has 1 amide bonds. The van der Waals surface area contributed by atoms with E-state index < -0.39 is 28.1 Å². The first-order chi connectivity index (χ1) is 21.2. The molecule has 2 aliphatic heterocycles. The standard InChI is InChI=1S/C28H35FN4O4S.C2HF3O2/c1-2-38(35,36)33-7-5-19(6-8-33)26-17-32-27-24(26)13-21(14-25(27)28(30)34)20-10-18(11-22(29)12-20)15-31-16-23-4-3-9-37-23;3-2(4,5)1(6)7/h10-14,17,19,23,31-32H,2-9,15-16H2,1H3,(H2,30,34);(H,6,7)/t23-;/m1./s1. The largest absolute Gasteiger partial charge is 0.490 e. The maximum atomic E-state index is 14.7. The van der Waals surface area contributed by atoms with E-state index in [4.69, 9.17) is 20.4 Å². The number of carbonyl (C=O) groups excluding carboxylic acids is 1. The smallest absolute Gasteiger partial charge is 0.475 e. The third-order valence-electron chi connectivity index (χ3n) is 8.00. The van der Waals surface area contributed by atoms with Crippen molar-refractivity contribution in [2.45, 2.75) is 57.3 Å². The SMILES string of the molecule is CCS(=O)(=O)N1CCC(c2c[nH]c3c(C(N)=O)cc(-c4cc(F)cc(CNC[C@H]5CCCO5)c4)cc23)CC1.O=C(O)C(F)(F)F. The number of aromatic amines is 1. The molecule has 10 nitrogen and oxygen atoms in total. The van der Waals surface area contributed by atoms with Crippen LogP contribution in [0.25, 0.3) is 22.0 Å². The number of sulfonamides is 1. The Morgan fingerprint density at radius 1 is 1.11 bits per heavy atom. The molecule has 0 aliphatic carbocycles. The maximum Gasteiger partial charge on any atom is 0.490 e. The number of hydrogen-bond acceptors (Lipinski definition) is 6. The van der Waals surface area contributed by atoms with E-state index in [9.17, 15) is 30.8 Å². The monoisotopic (exact) mass is 656 g/mol. The molecule has 1 atom stereocenters. The number of nitrogens with two attached hydrogens (primary N) is 1. The number of nitrogens with one attached hydrogen (secondary N) is 2. The van der Waals surface area contributed by atoms with Crippen molar-refractivity contribution in [1.29, 1.82) is 0 Å². The summed E-state index contributed by atoms with van der Waals surface area (Å²) in [6.07, 6.45) is 0.473. The minimum absolute atomic E-state index is 0.0928. The van der Waals surface area contributed by atoms with Gasteiger partial charge in [-0.3, -0.25) is 4.79 Å². The van der Waals surface area contributed by atoms with Crippen molar-refractivity contribution in [2.75, 3.05) is 32.0 Å². The molecule has 3 aromatic rings. The first-order valence-electron chi connectivity index (χ1n) is 14.5. The number of primary amides is 1. The topological polar surface area (TPSA) is 155 Å². The summed E-state index contributed by atoms with van der Waals surface area (Å²) in [5.74, 6) is -3.45. The Kier molecular flexibility index (Phi) is 10.9. The number of benzene rings is 2. The molecular weight excluding hydrogens is 620 g/mol. The predicted molar refractivity (Wildman–Crippen MR) is 160 cm³/mol. The zero-order valence-corrected chi connectivity index (χ0v) is 25.4. The lowest BCUT2D eigenvalue weighted by molar-refractivity contribution is -0.192. The van der Waals surface area contributed by atoms with Gasteiger partial charge >= 0.3 is 12.1 Å².